The van der Waals surface area contributed by atoms with Gasteiger partial charge >= 0.3 is 0 Å². The molecule has 0 saturated heterocycles. The predicted octanol–water partition coefficient (Wildman–Crippen LogP) is 1.98. The number of carbonyl (C=O) groups is 1. The van der Waals surface area contributed by atoms with Gasteiger partial charge in [-0.1, -0.05) is 0 Å². The van der Waals surface area contributed by atoms with Crippen molar-refractivity contribution in [2.75, 3.05) is 18.4 Å². The van der Waals surface area contributed by atoms with E-state index in [2.05, 4.69) is 15.7 Å². The molecule has 0 saturated carbocycles. The number of hydrogen-bond acceptors (Lipinski definition) is 3. The summed E-state index contributed by atoms with van der Waals surface area (Å²) >= 11 is 0. The summed E-state index contributed by atoms with van der Waals surface area (Å²) in [4.78, 5) is 12.2. The molecule has 2 N–H and O–H groups in total. The Bertz CT molecular complexity index is 647. The molecule has 2 aromatic rings. The van der Waals surface area contributed by atoms with Crippen molar-refractivity contribution < 1.29 is 4.79 Å². The summed E-state index contributed by atoms with van der Waals surface area (Å²) in [5, 5.41) is 10.5. The molecule has 1 aromatic carbocycles. The average Bonchev–Trinajstić information content (AvgIpc) is 2.92. The lowest BCUT2D eigenvalue weighted by molar-refractivity contribution is 0.0952. The molecule has 110 valence electrons. The van der Waals surface area contributed by atoms with E-state index in [1.807, 2.05) is 42.2 Å². The number of nitrogens with one attached hydrogen (secondary N) is 2. The van der Waals surface area contributed by atoms with E-state index in [0.717, 1.165) is 36.2 Å². The van der Waals surface area contributed by atoms with Gasteiger partial charge in [-0.05, 0) is 49.1 Å². The summed E-state index contributed by atoms with van der Waals surface area (Å²) in [5.74, 6) is -0.0211. The third-order valence-electron chi connectivity index (χ3n) is 3.69. The maximum Gasteiger partial charge on any atom is 0.251 e. The first kappa shape index (κ1) is 13.7. The van der Waals surface area contributed by atoms with Crippen LogP contribution in [-0.2, 0) is 13.0 Å². The third kappa shape index (κ3) is 3.24. The number of carbonyl (C=O) groups excluding carboxylic acids is 1. The van der Waals surface area contributed by atoms with Gasteiger partial charge in [-0.2, -0.15) is 5.10 Å². The van der Waals surface area contributed by atoms with Crippen LogP contribution in [0.25, 0.3) is 0 Å². The van der Waals surface area contributed by atoms with Crippen molar-refractivity contribution in [3.63, 3.8) is 0 Å². The number of aromatic nitrogens is 2. The number of hydrogen-bond donors (Lipinski definition) is 2. The van der Waals surface area contributed by atoms with Crippen molar-refractivity contribution in [2.24, 2.45) is 0 Å². The molecule has 0 atom stereocenters. The lowest BCUT2D eigenvalue weighted by Gasteiger charge is -2.18. The van der Waals surface area contributed by atoms with Gasteiger partial charge in [0.2, 0.25) is 0 Å². The maximum absolute atomic E-state index is 12.2. The highest BCUT2D eigenvalue weighted by Gasteiger charge is 2.12. The highest BCUT2D eigenvalue weighted by atomic mass is 16.1. The molecule has 2 heterocycles. The molecule has 1 aliphatic rings. The number of rotatable bonds is 4. The van der Waals surface area contributed by atoms with Crippen LogP contribution < -0.4 is 10.6 Å². The van der Waals surface area contributed by atoms with Crippen molar-refractivity contribution in [3.05, 3.63) is 47.3 Å². The van der Waals surface area contributed by atoms with E-state index in [4.69, 9.17) is 0 Å². The van der Waals surface area contributed by atoms with Gasteiger partial charge in [-0.3, -0.25) is 9.48 Å². The van der Waals surface area contributed by atoms with E-state index in [0.29, 0.717) is 13.1 Å². The fraction of sp³-hybridized carbons (Fsp3) is 0.375. The normalized spacial score (nSPS) is 13.4. The smallest absolute Gasteiger partial charge is 0.251 e. The van der Waals surface area contributed by atoms with E-state index in [1.165, 1.54) is 5.56 Å². The fourth-order valence-corrected chi connectivity index (χ4v) is 2.59. The predicted molar refractivity (Wildman–Crippen MR) is 82.5 cm³/mol. The number of benzene rings is 1. The Kier molecular flexibility index (Phi) is 3.90. The van der Waals surface area contributed by atoms with Crippen molar-refractivity contribution >= 4 is 11.6 Å². The van der Waals surface area contributed by atoms with E-state index in [9.17, 15) is 4.79 Å². The number of anilines is 1. The minimum absolute atomic E-state index is 0.0211. The summed E-state index contributed by atoms with van der Waals surface area (Å²) in [5.41, 5.74) is 4.25. The van der Waals surface area contributed by atoms with E-state index in [-0.39, 0.29) is 5.91 Å². The quantitative estimate of drug-likeness (QED) is 0.902. The second-order valence-electron chi connectivity index (χ2n) is 5.44. The van der Waals surface area contributed by atoms with E-state index in [1.54, 1.807) is 0 Å². The first-order valence-corrected chi connectivity index (χ1v) is 7.36. The average molecular weight is 284 g/mol. The highest BCUT2D eigenvalue weighted by Crippen LogP contribution is 2.22. The third-order valence-corrected chi connectivity index (χ3v) is 3.69. The molecule has 5 heteroatoms. The molecule has 0 aliphatic carbocycles. The Hall–Kier alpha value is -2.30. The number of aryl methyl sites for hydroxylation is 2. The number of amides is 1. The van der Waals surface area contributed by atoms with Crippen LogP contribution in [0, 0.1) is 6.92 Å². The Morgan fingerprint density at radius 2 is 2.38 bits per heavy atom. The van der Waals surface area contributed by atoms with Gasteiger partial charge in [0, 0.05) is 30.5 Å². The van der Waals surface area contributed by atoms with Gasteiger partial charge in [0.05, 0.1) is 12.7 Å². The Morgan fingerprint density at radius 1 is 1.48 bits per heavy atom. The topological polar surface area (TPSA) is 59.0 Å². The summed E-state index contributed by atoms with van der Waals surface area (Å²) in [6, 6.07) is 5.87. The summed E-state index contributed by atoms with van der Waals surface area (Å²) in [7, 11) is 0. The first-order chi connectivity index (χ1) is 10.2. The molecule has 0 fully saturated rings. The minimum atomic E-state index is -0.0211. The molecule has 0 bridgehead atoms. The zero-order valence-corrected chi connectivity index (χ0v) is 12.2. The molecule has 1 amide bonds. The molecule has 0 spiro atoms. The van der Waals surface area contributed by atoms with Crippen LogP contribution in [-0.4, -0.2) is 28.8 Å². The number of fused-ring (bicyclic) bond motifs is 1. The zero-order chi connectivity index (χ0) is 14.7. The minimum Gasteiger partial charge on any atom is -0.385 e. The lowest BCUT2D eigenvalue weighted by atomic mass is 10.0. The molecular weight excluding hydrogens is 264 g/mol. The molecular formula is C16H20N4O. The van der Waals surface area contributed by atoms with Gasteiger partial charge in [-0.25, -0.2) is 0 Å². The Balaban J connectivity index is 1.57. The second kappa shape index (κ2) is 5.99. The second-order valence-corrected chi connectivity index (χ2v) is 5.44. The first-order valence-electron chi connectivity index (χ1n) is 7.36. The lowest BCUT2D eigenvalue weighted by Crippen LogP contribution is -2.27. The molecule has 1 aliphatic heterocycles. The van der Waals surface area contributed by atoms with Gasteiger partial charge in [0.15, 0.2) is 0 Å². The van der Waals surface area contributed by atoms with Crippen LogP contribution in [0.3, 0.4) is 0 Å². The Morgan fingerprint density at radius 3 is 3.19 bits per heavy atom. The van der Waals surface area contributed by atoms with Crippen LogP contribution in [0.15, 0.2) is 30.6 Å². The molecule has 21 heavy (non-hydrogen) atoms. The van der Waals surface area contributed by atoms with Gasteiger partial charge in [0.1, 0.15) is 0 Å². The summed E-state index contributed by atoms with van der Waals surface area (Å²) in [6.07, 6.45) is 5.95. The molecule has 1 aromatic heterocycles. The monoisotopic (exact) mass is 284 g/mol. The van der Waals surface area contributed by atoms with Gasteiger partial charge < -0.3 is 10.6 Å². The summed E-state index contributed by atoms with van der Waals surface area (Å²) < 4.78 is 1.84. The van der Waals surface area contributed by atoms with E-state index >= 15 is 0 Å². The molecule has 5 nitrogen and oxygen atoms in total. The van der Waals surface area contributed by atoms with Crippen LogP contribution in [0.4, 0.5) is 5.69 Å². The summed E-state index contributed by atoms with van der Waals surface area (Å²) in [6.45, 7) is 4.28. The molecule has 3 rings (SSSR count). The largest absolute Gasteiger partial charge is 0.385 e. The van der Waals surface area contributed by atoms with Crippen molar-refractivity contribution in [1.29, 1.82) is 0 Å². The maximum atomic E-state index is 12.2. The van der Waals surface area contributed by atoms with Crippen LogP contribution >= 0.6 is 0 Å². The van der Waals surface area contributed by atoms with Crippen LogP contribution in [0.2, 0.25) is 0 Å². The molecule has 0 unspecified atom stereocenters. The van der Waals surface area contributed by atoms with Crippen molar-refractivity contribution in [3.8, 4) is 0 Å². The van der Waals surface area contributed by atoms with Crippen molar-refractivity contribution in [2.45, 2.75) is 26.3 Å². The van der Waals surface area contributed by atoms with Gasteiger partial charge in [0.25, 0.3) is 5.91 Å². The SMILES string of the molecule is Cc1cnn(CCNC(=O)c2ccc3c(c2)CCCN3)c1. The van der Waals surface area contributed by atoms with Crippen LogP contribution in [0.1, 0.15) is 27.9 Å². The molecule has 0 radical (unpaired) electrons. The zero-order valence-electron chi connectivity index (χ0n) is 12.2. The fourth-order valence-electron chi connectivity index (χ4n) is 2.59. The number of nitrogens with zero attached hydrogens (tertiary/aromatic N) is 2. The Labute approximate surface area is 124 Å². The van der Waals surface area contributed by atoms with Gasteiger partial charge in [-0.15, -0.1) is 0 Å². The van der Waals surface area contributed by atoms with Crippen molar-refractivity contribution in [1.82, 2.24) is 15.1 Å². The highest BCUT2D eigenvalue weighted by molar-refractivity contribution is 5.94. The van der Waals surface area contributed by atoms with Crippen LogP contribution in [0.5, 0.6) is 0 Å². The standard InChI is InChI=1S/C16H20N4O/c1-12-10-19-20(11-12)8-7-18-16(21)14-4-5-15-13(9-14)3-2-6-17-15/h4-5,9-11,17H,2-3,6-8H2,1H3,(H,18,21). The van der Waals surface area contributed by atoms with E-state index < -0.39 is 0 Å².